The largest absolute Gasteiger partial charge is 0.550 e. The Labute approximate surface area is 179 Å². The molecule has 3 aromatic carbocycles. The predicted octanol–water partition coefficient (Wildman–Crippen LogP) is 1.59. The van der Waals surface area contributed by atoms with Crippen molar-refractivity contribution in [3.63, 3.8) is 0 Å². The summed E-state index contributed by atoms with van der Waals surface area (Å²) in [7, 11) is 0. The molecule has 6 radical (unpaired) electrons. The fourth-order valence-electron chi connectivity index (χ4n) is 1.03. The minimum Gasteiger partial charge on any atom is -0.550 e. The molecule has 0 aliphatic rings. The van der Waals surface area contributed by atoms with Crippen LogP contribution in [0.5, 0.6) is 0 Å². The summed E-state index contributed by atoms with van der Waals surface area (Å²) in [6, 6.07) is 37.5. The summed E-state index contributed by atoms with van der Waals surface area (Å²) in [6.07, 6.45) is 0. The van der Waals surface area contributed by atoms with Crippen LogP contribution in [0.3, 0.4) is 0 Å². The SMILES string of the molecule is CC(=O)[O-].CC(=O)[O-].[Sb].[c]1ccccc1.[c]1ccccc1.[c]1ccccc1. The number of benzene rings is 3. The topological polar surface area (TPSA) is 80.3 Å². The second kappa shape index (κ2) is 25.7. The molecular formula is C22H21O4Sb-2. The molecule has 0 N–H and O–H groups in total. The Hall–Kier alpha value is -2.58. The summed E-state index contributed by atoms with van der Waals surface area (Å²) >= 11 is 0. The molecule has 0 saturated carbocycles. The maximum Gasteiger partial charge on any atom is 0.0383 e. The van der Waals surface area contributed by atoms with Crippen LogP contribution in [0, 0.1) is 18.2 Å². The van der Waals surface area contributed by atoms with Gasteiger partial charge in [0.2, 0.25) is 0 Å². The van der Waals surface area contributed by atoms with Crippen molar-refractivity contribution in [2.45, 2.75) is 13.8 Å². The zero-order chi connectivity index (χ0) is 19.9. The minimum absolute atomic E-state index is 0. The number of aliphatic carboxylic acids is 2. The quantitative estimate of drug-likeness (QED) is 0.467. The third-order valence-corrected chi connectivity index (χ3v) is 1.82. The molecule has 4 nitrogen and oxygen atoms in total. The monoisotopic (exact) mass is 470 g/mol. The van der Waals surface area contributed by atoms with E-state index in [0.29, 0.717) is 0 Å². The first-order chi connectivity index (χ1) is 12.5. The zero-order valence-corrected chi connectivity index (χ0v) is 17.8. The number of hydrogen-bond donors (Lipinski definition) is 0. The van der Waals surface area contributed by atoms with Gasteiger partial charge in [0.05, 0.1) is 0 Å². The van der Waals surface area contributed by atoms with E-state index in [2.05, 4.69) is 18.2 Å². The smallest absolute Gasteiger partial charge is 0.0383 e. The van der Waals surface area contributed by atoms with Gasteiger partial charge in [-0.3, -0.25) is 0 Å². The van der Waals surface area contributed by atoms with Gasteiger partial charge in [-0.25, -0.2) is 0 Å². The van der Waals surface area contributed by atoms with E-state index in [1.807, 2.05) is 91.0 Å². The number of carboxylic acid groups (broad SMARTS) is 2. The summed E-state index contributed by atoms with van der Waals surface area (Å²) in [5.74, 6) is -2.17. The molecule has 140 valence electrons. The van der Waals surface area contributed by atoms with E-state index in [4.69, 9.17) is 19.8 Å². The van der Waals surface area contributed by atoms with Crippen molar-refractivity contribution in [2.75, 3.05) is 0 Å². The summed E-state index contributed by atoms with van der Waals surface area (Å²) in [5, 5.41) is 17.8. The molecular weight excluding hydrogens is 450 g/mol. The van der Waals surface area contributed by atoms with Crippen LogP contribution < -0.4 is 10.2 Å². The Kier molecular flexibility index (Phi) is 27.7. The number of carbonyl (C=O) groups excluding carboxylic acids is 2. The summed E-state index contributed by atoms with van der Waals surface area (Å²) in [5.41, 5.74) is 0. The molecule has 0 saturated heterocycles. The van der Waals surface area contributed by atoms with Crippen LogP contribution in [-0.4, -0.2) is 36.4 Å². The normalized spacial score (nSPS) is 7.19. The predicted molar refractivity (Wildman–Crippen MR) is 103 cm³/mol. The third-order valence-electron chi connectivity index (χ3n) is 1.82. The number of hydrogen-bond acceptors (Lipinski definition) is 4. The number of rotatable bonds is 0. The molecule has 0 spiro atoms. The van der Waals surface area contributed by atoms with Crippen molar-refractivity contribution in [3.05, 3.63) is 109 Å². The van der Waals surface area contributed by atoms with Crippen LogP contribution in [0.1, 0.15) is 13.8 Å². The zero-order valence-electron chi connectivity index (χ0n) is 15.2. The van der Waals surface area contributed by atoms with Crippen molar-refractivity contribution in [3.8, 4) is 0 Å². The van der Waals surface area contributed by atoms with Crippen molar-refractivity contribution >= 4 is 36.4 Å². The van der Waals surface area contributed by atoms with E-state index >= 15 is 0 Å². The van der Waals surface area contributed by atoms with Crippen LogP contribution in [0.2, 0.25) is 0 Å². The van der Waals surface area contributed by atoms with Gasteiger partial charge in [-0.15, -0.1) is 0 Å². The first-order valence-corrected chi connectivity index (χ1v) is 7.55. The molecule has 3 rings (SSSR count). The molecule has 0 aromatic heterocycles. The van der Waals surface area contributed by atoms with Crippen LogP contribution in [0.15, 0.2) is 91.0 Å². The Morgan fingerprint density at radius 2 is 0.667 bits per heavy atom. The Balaban J connectivity index is -0.000000268. The first-order valence-electron chi connectivity index (χ1n) is 7.55. The minimum atomic E-state index is -1.08. The molecule has 5 heteroatoms. The maximum absolute atomic E-state index is 8.89. The van der Waals surface area contributed by atoms with E-state index in [0.717, 1.165) is 13.8 Å². The molecule has 27 heavy (non-hydrogen) atoms. The van der Waals surface area contributed by atoms with E-state index < -0.39 is 11.9 Å². The van der Waals surface area contributed by atoms with Gasteiger partial charge in [-0.05, 0) is 32.0 Å². The van der Waals surface area contributed by atoms with Crippen molar-refractivity contribution in [1.82, 2.24) is 0 Å². The van der Waals surface area contributed by atoms with Crippen LogP contribution in [0.25, 0.3) is 0 Å². The average Bonchev–Trinajstić information content (AvgIpc) is 2.66. The van der Waals surface area contributed by atoms with E-state index in [1.165, 1.54) is 0 Å². The summed E-state index contributed by atoms with van der Waals surface area (Å²) in [4.78, 5) is 17.8. The second-order valence-corrected chi connectivity index (χ2v) is 4.22. The van der Waals surface area contributed by atoms with Gasteiger partial charge in [-0.2, -0.15) is 0 Å². The van der Waals surface area contributed by atoms with Gasteiger partial charge < -0.3 is 19.8 Å². The van der Waals surface area contributed by atoms with Gasteiger partial charge in [0.25, 0.3) is 0 Å². The van der Waals surface area contributed by atoms with Crippen LogP contribution in [-0.2, 0) is 9.59 Å². The van der Waals surface area contributed by atoms with Crippen molar-refractivity contribution in [1.29, 1.82) is 0 Å². The molecule has 0 fully saturated rings. The van der Waals surface area contributed by atoms with Gasteiger partial charge in [0.1, 0.15) is 0 Å². The van der Waals surface area contributed by atoms with E-state index in [-0.39, 0.29) is 24.4 Å². The molecule has 0 aliphatic carbocycles. The van der Waals surface area contributed by atoms with Gasteiger partial charge in [-0.1, -0.05) is 91.0 Å². The molecule has 0 heterocycles. The van der Waals surface area contributed by atoms with E-state index in [9.17, 15) is 0 Å². The van der Waals surface area contributed by atoms with Gasteiger partial charge in [0, 0.05) is 36.4 Å². The maximum atomic E-state index is 8.89. The van der Waals surface area contributed by atoms with Crippen LogP contribution >= 0.6 is 0 Å². The van der Waals surface area contributed by atoms with Crippen molar-refractivity contribution in [2.24, 2.45) is 0 Å². The van der Waals surface area contributed by atoms with Crippen molar-refractivity contribution < 1.29 is 19.8 Å². The summed E-state index contributed by atoms with van der Waals surface area (Å²) in [6.45, 7) is 1.94. The third kappa shape index (κ3) is 45.2. The fraction of sp³-hybridized carbons (Fsp3) is 0.0909. The van der Waals surface area contributed by atoms with E-state index in [1.54, 1.807) is 0 Å². The molecule has 0 atom stereocenters. The number of carboxylic acids is 2. The Morgan fingerprint density at radius 3 is 0.704 bits per heavy atom. The van der Waals surface area contributed by atoms with Crippen LogP contribution in [0.4, 0.5) is 0 Å². The van der Waals surface area contributed by atoms with Gasteiger partial charge >= 0.3 is 0 Å². The Morgan fingerprint density at radius 1 is 0.519 bits per heavy atom. The molecule has 0 aliphatic heterocycles. The standard InChI is InChI=1S/3C6H5.2C2H4O2.Sb/c3*1-2-4-6-5-3-1;2*1-2(3)4;/h3*1-5H;2*1H3,(H,3,4);/p-2. The summed E-state index contributed by atoms with van der Waals surface area (Å²) < 4.78 is 0. The molecule has 0 unspecified atom stereocenters. The number of carbonyl (C=O) groups is 2. The molecule has 0 bridgehead atoms. The Bertz CT molecular complexity index is 457. The first kappa shape index (κ1) is 29.2. The fourth-order valence-corrected chi connectivity index (χ4v) is 1.03. The average molecular weight is 471 g/mol. The van der Waals surface area contributed by atoms with Gasteiger partial charge in [0.15, 0.2) is 0 Å². The molecule has 3 aromatic rings. The molecule has 0 amide bonds. The second-order valence-electron chi connectivity index (χ2n) is 4.22.